The van der Waals surface area contributed by atoms with Crippen molar-refractivity contribution in [3.05, 3.63) is 89.5 Å². The average molecular weight is 431 g/mol. The number of carbonyl (C=O) groups excluding carboxylic acids is 2. The standard InChI is InChI=1S/C27H30N2O3/c1-3-4-5-8-18-32-25-13-7-6-12-24(25)27(31)29-23-16-14-22(15-17-23)28-26(30)21-11-9-10-20(2)19-21/h6-7,9-17,19H,3-5,8,18H2,1-2H3,(H,28,30)(H,29,31). The number of rotatable bonds is 10. The predicted octanol–water partition coefficient (Wildman–Crippen LogP) is 6.46. The van der Waals surface area contributed by atoms with Crippen molar-refractivity contribution in [3.8, 4) is 5.75 Å². The number of aryl methyl sites for hydroxylation is 1. The summed E-state index contributed by atoms with van der Waals surface area (Å²) in [6.45, 7) is 4.72. The van der Waals surface area contributed by atoms with Gasteiger partial charge in [-0.15, -0.1) is 0 Å². The highest BCUT2D eigenvalue weighted by molar-refractivity contribution is 6.07. The van der Waals surface area contributed by atoms with Crippen LogP contribution in [0, 0.1) is 6.92 Å². The molecule has 0 heterocycles. The van der Waals surface area contributed by atoms with E-state index in [2.05, 4.69) is 17.6 Å². The van der Waals surface area contributed by atoms with Gasteiger partial charge in [-0.2, -0.15) is 0 Å². The lowest BCUT2D eigenvalue weighted by molar-refractivity contribution is 0.101. The molecule has 0 aliphatic carbocycles. The highest BCUT2D eigenvalue weighted by Gasteiger charge is 2.13. The second kappa shape index (κ2) is 11.7. The van der Waals surface area contributed by atoms with E-state index in [9.17, 15) is 9.59 Å². The summed E-state index contributed by atoms with van der Waals surface area (Å²) in [4.78, 5) is 25.2. The number of anilines is 2. The van der Waals surface area contributed by atoms with Gasteiger partial charge < -0.3 is 15.4 Å². The van der Waals surface area contributed by atoms with Crippen LogP contribution < -0.4 is 15.4 Å². The minimum atomic E-state index is -0.231. The zero-order chi connectivity index (χ0) is 22.8. The number of hydrogen-bond acceptors (Lipinski definition) is 3. The second-order valence-corrected chi connectivity index (χ2v) is 7.76. The monoisotopic (exact) mass is 430 g/mol. The maximum Gasteiger partial charge on any atom is 0.259 e. The number of carbonyl (C=O) groups is 2. The first-order valence-corrected chi connectivity index (χ1v) is 11.1. The lowest BCUT2D eigenvalue weighted by Gasteiger charge is -2.12. The lowest BCUT2D eigenvalue weighted by Crippen LogP contribution is -2.14. The van der Waals surface area contributed by atoms with E-state index in [-0.39, 0.29) is 11.8 Å². The normalized spacial score (nSPS) is 10.4. The number of para-hydroxylation sites is 1. The van der Waals surface area contributed by atoms with Gasteiger partial charge in [0.25, 0.3) is 11.8 Å². The molecule has 0 aliphatic heterocycles. The molecule has 0 bridgehead atoms. The van der Waals surface area contributed by atoms with Crippen molar-refractivity contribution in [3.63, 3.8) is 0 Å². The van der Waals surface area contributed by atoms with Crippen LogP contribution in [-0.2, 0) is 0 Å². The third-order valence-corrected chi connectivity index (χ3v) is 5.07. The molecule has 0 radical (unpaired) electrons. The van der Waals surface area contributed by atoms with Crippen molar-refractivity contribution in [2.24, 2.45) is 0 Å². The topological polar surface area (TPSA) is 67.4 Å². The van der Waals surface area contributed by atoms with E-state index in [0.29, 0.717) is 34.9 Å². The molecule has 3 aromatic rings. The van der Waals surface area contributed by atoms with Crippen molar-refractivity contribution in [2.75, 3.05) is 17.2 Å². The van der Waals surface area contributed by atoms with Crippen LogP contribution in [0.5, 0.6) is 5.75 Å². The Kier molecular flexibility index (Phi) is 8.44. The Morgan fingerprint density at radius 3 is 2.16 bits per heavy atom. The summed E-state index contributed by atoms with van der Waals surface area (Å²) in [6.07, 6.45) is 4.46. The van der Waals surface area contributed by atoms with E-state index in [1.54, 1.807) is 36.4 Å². The Morgan fingerprint density at radius 1 is 0.781 bits per heavy atom. The van der Waals surface area contributed by atoms with E-state index in [1.807, 2.05) is 43.3 Å². The molecule has 0 fully saturated rings. The quantitative estimate of drug-likeness (QED) is 0.363. The van der Waals surface area contributed by atoms with E-state index >= 15 is 0 Å². The summed E-state index contributed by atoms with van der Waals surface area (Å²) in [5.41, 5.74) is 3.43. The SMILES string of the molecule is CCCCCCOc1ccccc1C(=O)Nc1ccc(NC(=O)c2cccc(C)c2)cc1. The molecule has 0 aliphatic rings. The molecule has 0 unspecified atom stereocenters. The summed E-state index contributed by atoms with van der Waals surface area (Å²) in [5.74, 6) is 0.185. The molecule has 2 N–H and O–H groups in total. The van der Waals surface area contributed by atoms with E-state index in [1.165, 1.54) is 12.8 Å². The Bertz CT molecular complexity index is 1040. The van der Waals surface area contributed by atoms with Gasteiger partial charge >= 0.3 is 0 Å². The molecule has 5 heteroatoms. The average Bonchev–Trinajstić information content (AvgIpc) is 2.80. The smallest absolute Gasteiger partial charge is 0.259 e. The molecular weight excluding hydrogens is 400 g/mol. The Hall–Kier alpha value is -3.60. The van der Waals surface area contributed by atoms with Gasteiger partial charge in [0.1, 0.15) is 5.75 Å². The van der Waals surface area contributed by atoms with E-state index in [0.717, 1.165) is 18.4 Å². The van der Waals surface area contributed by atoms with Crippen molar-refractivity contribution in [2.45, 2.75) is 39.5 Å². The molecule has 3 aromatic carbocycles. The van der Waals surface area contributed by atoms with Crippen molar-refractivity contribution < 1.29 is 14.3 Å². The molecule has 32 heavy (non-hydrogen) atoms. The van der Waals surface area contributed by atoms with Crippen LogP contribution in [0.2, 0.25) is 0 Å². The highest BCUT2D eigenvalue weighted by Crippen LogP contribution is 2.21. The first-order chi connectivity index (χ1) is 15.6. The van der Waals surface area contributed by atoms with Gasteiger partial charge in [-0.25, -0.2) is 0 Å². The summed E-state index contributed by atoms with van der Waals surface area (Å²) in [7, 11) is 0. The number of unbranched alkanes of at least 4 members (excludes halogenated alkanes) is 3. The third kappa shape index (κ3) is 6.71. The third-order valence-electron chi connectivity index (χ3n) is 5.07. The largest absolute Gasteiger partial charge is 0.493 e. The Morgan fingerprint density at radius 2 is 1.47 bits per heavy atom. The van der Waals surface area contributed by atoms with Crippen LogP contribution in [0.25, 0.3) is 0 Å². The maximum absolute atomic E-state index is 12.8. The predicted molar refractivity (Wildman–Crippen MR) is 130 cm³/mol. The number of ether oxygens (including phenoxy) is 1. The van der Waals surface area contributed by atoms with Crippen LogP contribution in [0.1, 0.15) is 58.9 Å². The number of hydrogen-bond donors (Lipinski definition) is 2. The van der Waals surface area contributed by atoms with Gasteiger partial charge in [0.05, 0.1) is 12.2 Å². The zero-order valence-electron chi connectivity index (χ0n) is 18.7. The fourth-order valence-electron chi connectivity index (χ4n) is 3.32. The lowest BCUT2D eigenvalue weighted by atomic mass is 10.1. The van der Waals surface area contributed by atoms with Gasteiger partial charge in [-0.1, -0.05) is 56.0 Å². The zero-order valence-corrected chi connectivity index (χ0v) is 18.7. The summed E-state index contributed by atoms with van der Waals surface area (Å²) < 4.78 is 5.85. The fraction of sp³-hybridized carbons (Fsp3) is 0.259. The van der Waals surface area contributed by atoms with E-state index < -0.39 is 0 Å². The molecule has 0 saturated heterocycles. The van der Waals surface area contributed by atoms with Gasteiger partial charge in [-0.05, 0) is 61.9 Å². The van der Waals surface area contributed by atoms with Crippen LogP contribution in [0.4, 0.5) is 11.4 Å². The fourth-order valence-corrected chi connectivity index (χ4v) is 3.32. The molecule has 3 rings (SSSR count). The minimum absolute atomic E-state index is 0.171. The van der Waals surface area contributed by atoms with Crippen LogP contribution in [0.15, 0.2) is 72.8 Å². The molecule has 0 atom stereocenters. The first kappa shape index (κ1) is 23.1. The molecule has 0 saturated carbocycles. The molecule has 166 valence electrons. The Labute approximate surface area is 189 Å². The molecule has 2 amide bonds. The molecule has 5 nitrogen and oxygen atoms in total. The maximum atomic E-state index is 12.8. The van der Waals surface area contributed by atoms with Gasteiger partial charge in [0.2, 0.25) is 0 Å². The molecule has 0 spiro atoms. The van der Waals surface area contributed by atoms with Crippen molar-refractivity contribution >= 4 is 23.2 Å². The molecule has 0 aromatic heterocycles. The first-order valence-electron chi connectivity index (χ1n) is 11.1. The number of benzene rings is 3. The second-order valence-electron chi connectivity index (χ2n) is 7.76. The van der Waals surface area contributed by atoms with Crippen LogP contribution in [-0.4, -0.2) is 18.4 Å². The molecular formula is C27H30N2O3. The summed E-state index contributed by atoms with van der Waals surface area (Å²) in [5, 5.41) is 5.77. The number of amides is 2. The summed E-state index contributed by atoms with van der Waals surface area (Å²) >= 11 is 0. The van der Waals surface area contributed by atoms with E-state index in [4.69, 9.17) is 4.74 Å². The minimum Gasteiger partial charge on any atom is -0.493 e. The van der Waals surface area contributed by atoms with Gasteiger partial charge in [0, 0.05) is 16.9 Å². The van der Waals surface area contributed by atoms with Gasteiger partial charge in [-0.3, -0.25) is 9.59 Å². The Balaban J connectivity index is 1.58. The highest BCUT2D eigenvalue weighted by atomic mass is 16.5. The summed E-state index contributed by atoms with van der Waals surface area (Å²) in [6, 6.07) is 21.7. The van der Waals surface area contributed by atoms with Crippen molar-refractivity contribution in [1.29, 1.82) is 0 Å². The van der Waals surface area contributed by atoms with Gasteiger partial charge in [0.15, 0.2) is 0 Å². The number of nitrogens with one attached hydrogen (secondary N) is 2. The van der Waals surface area contributed by atoms with Crippen molar-refractivity contribution in [1.82, 2.24) is 0 Å². The van der Waals surface area contributed by atoms with Crippen LogP contribution in [0.3, 0.4) is 0 Å². The van der Waals surface area contributed by atoms with Crippen LogP contribution >= 0.6 is 0 Å².